The lowest BCUT2D eigenvalue weighted by Gasteiger charge is -2.30. The number of nitrogens with one attached hydrogen (secondary N) is 1. The number of hydrogen-bond acceptors (Lipinski definition) is 3. The second kappa shape index (κ2) is 6.22. The van der Waals surface area contributed by atoms with Gasteiger partial charge in [-0.15, -0.1) is 0 Å². The molecule has 1 N–H and O–H groups in total. The van der Waals surface area contributed by atoms with Crippen LogP contribution >= 0.6 is 11.6 Å². The Morgan fingerprint density at radius 3 is 2.63 bits per heavy atom. The molecule has 0 saturated carbocycles. The normalized spacial score (nSPS) is 18.6. The van der Waals surface area contributed by atoms with E-state index in [0.29, 0.717) is 19.1 Å². The number of sulfonamides is 1. The highest BCUT2D eigenvalue weighted by Crippen LogP contribution is 2.15. The molecule has 1 aromatic carbocycles. The van der Waals surface area contributed by atoms with Gasteiger partial charge in [0.1, 0.15) is 0 Å². The SMILES string of the molecule is CS(=O)(=O)N1CCC(NCc2cccc(Cl)c2)CC1. The van der Waals surface area contributed by atoms with Gasteiger partial charge in [-0.2, -0.15) is 0 Å². The molecule has 1 aliphatic rings. The van der Waals surface area contributed by atoms with Gasteiger partial charge in [0.15, 0.2) is 0 Å². The minimum atomic E-state index is -3.03. The molecule has 1 aliphatic heterocycles. The summed E-state index contributed by atoms with van der Waals surface area (Å²) < 4.78 is 24.3. The van der Waals surface area contributed by atoms with Gasteiger partial charge >= 0.3 is 0 Å². The topological polar surface area (TPSA) is 49.4 Å². The first-order chi connectivity index (χ1) is 8.95. The Balaban J connectivity index is 1.80. The third-order valence-corrected chi connectivity index (χ3v) is 4.95. The molecular formula is C13H19ClN2O2S. The maximum Gasteiger partial charge on any atom is 0.211 e. The van der Waals surface area contributed by atoms with Crippen LogP contribution in [0.4, 0.5) is 0 Å². The number of rotatable bonds is 4. The highest BCUT2D eigenvalue weighted by atomic mass is 35.5. The van der Waals surface area contributed by atoms with Gasteiger partial charge in [-0.05, 0) is 30.5 Å². The number of hydrogen-bond donors (Lipinski definition) is 1. The summed E-state index contributed by atoms with van der Waals surface area (Å²) in [6.07, 6.45) is 2.98. The van der Waals surface area contributed by atoms with Crippen molar-refractivity contribution in [3.63, 3.8) is 0 Å². The molecule has 0 amide bonds. The molecule has 0 radical (unpaired) electrons. The first-order valence-corrected chi connectivity index (χ1v) is 8.61. The summed E-state index contributed by atoms with van der Waals surface area (Å²) in [6, 6.07) is 8.14. The van der Waals surface area contributed by atoms with Crippen molar-refractivity contribution in [2.75, 3.05) is 19.3 Å². The minimum absolute atomic E-state index is 0.372. The van der Waals surface area contributed by atoms with Crippen molar-refractivity contribution >= 4 is 21.6 Å². The van der Waals surface area contributed by atoms with E-state index in [1.807, 2.05) is 24.3 Å². The van der Waals surface area contributed by atoms with Crippen LogP contribution in [0.2, 0.25) is 5.02 Å². The summed E-state index contributed by atoms with van der Waals surface area (Å²) in [6.45, 7) is 1.97. The lowest BCUT2D eigenvalue weighted by molar-refractivity contribution is 0.290. The molecule has 0 bridgehead atoms. The Kier molecular flexibility index (Phi) is 4.84. The van der Waals surface area contributed by atoms with Crippen LogP contribution in [-0.4, -0.2) is 38.1 Å². The predicted octanol–water partition coefficient (Wildman–Crippen LogP) is 1.85. The molecule has 0 atom stereocenters. The van der Waals surface area contributed by atoms with Gasteiger partial charge in [0.05, 0.1) is 6.26 Å². The molecule has 19 heavy (non-hydrogen) atoms. The quantitative estimate of drug-likeness (QED) is 0.923. The average molecular weight is 303 g/mol. The summed E-state index contributed by atoms with van der Waals surface area (Å²) in [5.74, 6) is 0. The van der Waals surface area contributed by atoms with Crippen molar-refractivity contribution in [2.24, 2.45) is 0 Å². The van der Waals surface area contributed by atoms with Crippen LogP contribution < -0.4 is 5.32 Å². The van der Waals surface area contributed by atoms with Crippen molar-refractivity contribution < 1.29 is 8.42 Å². The van der Waals surface area contributed by atoms with Gasteiger partial charge in [-0.25, -0.2) is 12.7 Å². The molecular weight excluding hydrogens is 284 g/mol. The molecule has 1 heterocycles. The Morgan fingerprint density at radius 2 is 2.05 bits per heavy atom. The fraction of sp³-hybridized carbons (Fsp3) is 0.538. The van der Waals surface area contributed by atoms with E-state index >= 15 is 0 Å². The van der Waals surface area contributed by atoms with E-state index in [1.54, 1.807) is 4.31 Å². The lowest BCUT2D eigenvalue weighted by atomic mass is 10.1. The van der Waals surface area contributed by atoms with Crippen LogP contribution in [0.25, 0.3) is 0 Å². The molecule has 4 nitrogen and oxygen atoms in total. The molecule has 0 aliphatic carbocycles. The maximum absolute atomic E-state index is 11.4. The zero-order valence-electron chi connectivity index (χ0n) is 11.0. The standard InChI is InChI=1S/C13H19ClN2O2S/c1-19(17,18)16-7-5-13(6-8-16)15-10-11-3-2-4-12(14)9-11/h2-4,9,13,15H,5-8,10H2,1H3. The Morgan fingerprint density at radius 1 is 1.37 bits per heavy atom. The maximum atomic E-state index is 11.4. The van der Waals surface area contributed by atoms with E-state index in [0.717, 1.165) is 30.0 Å². The van der Waals surface area contributed by atoms with Gasteiger partial charge in [0, 0.05) is 30.7 Å². The van der Waals surface area contributed by atoms with Crippen LogP contribution in [0.3, 0.4) is 0 Å². The molecule has 106 valence electrons. The van der Waals surface area contributed by atoms with Crippen molar-refractivity contribution in [1.29, 1.82) is 0 Å². The third-order valence-electron chi connectivity index (χ3n) is 3.41. The Labute approximate surface area is 119 Å². The molecule has 1 aromatic rings. The lowest BCUT2D eigenvalue weighted by Crippen LogP contribution is -2.44. The fourth-order valence-corrected chi connectivity index (χ4v) is 3.39. The molecule has 0 aromatic heterocycles. The fourth-order valence-electron chi connectivity index (χ4n) is 2.30. The van der Waals surface area contributed by atoms with Crippen LogP contribution in [0.1, 0.15) is 18.4 Å². The van der Waals surface area contributed by atoms with Crippen molar-refractivity contribution in [2.45, 2.75) is 25.4 Å². The van der Waals surface area contributed by atoms with Gasteiger partial charge < -0.3 is 5.32 Å². The van der Waals surface area contributed by atoms with Crippen LogP contribution in [-0.2, 0) is 16.6 Å². The number of piperidine rings is 1. The number of benzene rings is 1. The Hall–Kier alpha value is -0.620. The second-order valence-corrected chi connectivity index (χ2v) is 7.37. The summed E-state index contributed by atoms with van der Waals surface area (Å²) in [5.41, 5.74) is 1.15. The first kappa shape index (κ1) is 14.8. The second-order valence-electron chi connectivity index (χ2n) is 4.95. The van der Waals surface area contributed by atoms with E-state index in [2.05, 4.69) is 5.32 Å². The highest BCUT2D eigenvalue weighted by molar-refractivity contribution is 7.88. The number of nitrogens with zero attached hydrogens (tertiary/aromatic N) is 1. The molecule has 1 fully saturated rings. The highest BCUT2D eigenvalue weighted by Gasteiger charge is 2.24. The molecule has 0 spiro atoms. The monoisotopic (exact) mass is 302 g/mol. The van der Waals surface area contributed by atoms with E-state index in [4.69, 9.17) is 11.6 Å². The largest absolute Gasteiger partial charge is 0.310 e. The zero-order valence-corrected chi connectivity index (χ0v) is 12.5. The summed E-state index contributed by atoms with van der Waals surface area (Å²) in [7, 11) is -3.03. The smallest absolute Gasteiger partial charge is 0.211 e. The van der Waals surface area contributed by atoms with E-state index < -0.39 is 10.0 Å². The average Bonchev–Trinajstić information content (AvgIpc) is 2.36. The van der Waals surface area contributed by atoms with Gasteiger partial charge in [0.25, 0.3) is 0 Å². The van der Waals surface area contributed by atoms with Crippen LogP contribution in [0.5, 0.6) is 0 Å². The Bertz CT molecular complexity index is 525. The molecule has 0 unspecified atom stereocenters. The van der Waals surface area contributed by atoms with Gasteiger partial charge in [0.2, 0.25) is 10.0 Å². The van der Waals surface area contributed by atoms with Gasteiger partial charge in [-0.1, -0.05) is 23.7 Å². The third kappa shape index (κ3) is 4.45. The molecule has 2 rings (SSSR count). The van der Waals surface area contributed by atoms with Crippen LogP contribution in [0.15, 0.2) is 24.3 Å². The molecule has 1 saturated heterocycles. The van der Waals surface area contributed by atoms with Crippen molar-refractivity contribution in [3.8, 4) is 0 Å². The van der Waals surface area contributed by atoms with E-state index in [9.17, 15) is 8.42 Å². The predicted molar refractivity (Wildman–Crippen MR) is 77.7 cm³/mol. The van der Waals surface area contributed by atoms with E-state index in [1.165, 1.54) is 6.26 Å². The summed E-state index contributed by atoms with van der Waals surface area (Å²) in [5, 5.41) is 4.20. The number of halogens is 1. The summed E-state index contributed by atoms with van der Waals surface area (Å²) in [4.78, 5) is 0. The molecule has 6 heteroatoms. The first-order valence-electron chi connectivity index (χ1n) is 6.38. The van der Waals surface area contributed by atoms with E-state index in [-0.39, 0.29) is 0 Å². The van der Waals surface area contributed by atoms with Crippen molar-refractivity contribution in [1.82, 2.24) is 9.62 Å². The minimum Gasteiger partial charge on any atom is -0.310 e. The van der Waals surface area contributed by atoms with Crippen molar-refractivity contribution in [3.05, 3.63) is 34.9 Å². The summed E-state index contributed by atoms with van der Waals surface area (Å²) >= 11 is 5.93. The van der Waals surface area contributed by atoms with Crippen LogP contribution in [0, 0.1) is 0 Å². The zero-order chi connectivity index (χ0) is 13.9. The van der Waals surface area contributed by atoms with Gasteiger partial charge in [-0.3, -0.25) is 0 Å².